The molecule has 0 aromatic heterocycles. The number of hydrogen-bond donors (Lipinski definition) is 0. The molecule has 3 rings (SSSR count). The Balaban J connectivity index is 2.09. The number of anilines is 1. The quantitative estimate of drug-likeness (QED) is 0.472. The molecule has 3 aromatic rings. The molecular weight excluding hydrogens is 454 g/mol. The van der Waals surface area contributed by atoms with Crippen molar-refractivity contribution in [2.75, 3.05) is 18.5 Å². The number of rotatable bonds is 7. The summed E-state index contributed by atoms with van der Waals surface area (Å²) in [6.45, 7) is 2.05. The van der Waals surface area contributed by atoms with Gasteiger partial charge in [0, 0.05) is 10.5 Å². The predicted molar refractivity (Wildman–Crippen MR) is 118 cm³/mol. The fourth-order valence-electron chi connectivity index (χ4n) is 2.88. The molecule has 0 amide bonds. The third-order valence-corrected chi connectivity index (χ3v) is 6.78. The SMILES string of the molecule is COc1cc(CN(c2ccc(Br)cc2)S(=O)(=O)c2ccc(C)cc2)cc(OC)c1. The topological polar surface area (TPSA) is 55.8 Å². The lowest BCUT2D eigenvalue weighted by atomic mass is 10.2. The maximum absolute atomic E-state index is 13.5. The highest BCUT2D eigenvalue weighted by molar-refractivity contribution is 9.10. The van der Waals surface area contributed by atoms with E-state index in [1.165, 1.54) is 4.31 Å². The molecule has 0 radical (unpaired) electrons. The monoisotopic (exact) mass is 475 g/mol. The molecule has 0 saturated heterocycles. The molecular formula is C22H22BrNO4S. The van der Waals surface area contributed by atoms with E-state index in [4.69, 9.17) is 9.47 Å². The van der Waals surface area contributed by atoms with Gasteiger partial charge in [-0.2, -0.15) is 0 Å². The van der Waals surface area contributed by atoms with Gasteiger partial charge in [-0.15, -0.1) is 0 Å². The van der Waals surface area contributed by atoms with Crippen LogP contribution in [0.2, 0.25) is 0 Å². The van der Waals surface area contributed by atoms with Crippen LogP contribution >= 0.6 is 15.9 Å². The molecule has 0 saturated carbocycles. The van der Waals surface area contributed by atoms with Crippen molar-refractivity contribution >= 4 is 31.6 Å². The van der Waals surface area contributed by atoms with Crippen molar-refractivity contribution in [2.45, 2.75) is 18.4 Å². The molecule has 152 valence electrons. The molecule has 5 nitrogen and oxygen atoms in total. The van der Waals surface area contributed by atoms with Gasteiger partial charge in [0.05, 0.1) is 31.3 Å². The Kier molecular flexibility index (Phi) is 6.49. The van der Waals surface area contributed by atoms with Crippen LogP contribution in [0.5, 0.6) is 11.5 Å². The second-order valence-corrected chi connectivity index (χ2v) is 9.30. The van der Waals surface area contributed by atoms with Crippen LogP contribution in [-0.2, 0) is 16.6 Å². The average molecular weight is 476 g/mol. The maximum Gasteiger partial charge on any atom is 0.264 e. The Labute approximate surface area is 180 Å². The number of ether oxygens (including phenoxy) is 2. The molecule has 3 aromatic carbocycles. The maximum atomic E-state index is 13.5. The van der Waals surface area contributed by atoms with Gasteiger partial charge in [0.15, 0.2) is 0 Å². The fraction of sp³-hybridized carbons (Fsp3) is 0.182. The number of benzene rings is 3. The Morgan fingerprint density at radius 3 is 1.93 bits per heavy atom. The van der Waals surface area contributed by atoms with E-state index < -0.39 is 10.0 Å². The Hall–Kier alpha value is -2.51. The van der Waals surface area contributed by atoms with Gasteiger partial charge >= 0.3 is 0 Å². The van der Waals surface area contributed by atoms with Gasteiger partial charge in [0.25, 0.3) is 10.0 Å². The summed E-state index contributed by atoms with van der Waals surface area (Å²) >= 11 is 3.40. The van der Waals surface area contributed by atoms with Crippen molar-refractivity contribution in [3.05, 3.63) is 82.3 Å². The zero-order valence-corrected chi connectivity index (χ0v) is 18.8. The number of halogens is 1. The third kappa shape index (κ3) is 4.92. The number of aryl methyl sites for hydroxylation is 1. The standard InChI is InChI=1S/C22H22BrNO4S/c1-16-4-10-22(11-5-16)29(25,26)24(19-8-6-18(23)7-9-19)15-17-12-20(27-2)14-21(13-17)28-3/h4-14H,15H2,1-3H3. The highest BCUT2D eigenvalue weighted by Crippen LogP contribution is 2.30. The van der Waals surface area contributed by atoms with Gasteiger partial charge in [0.1, 0.15) is 11.5 Å². The zero-order valence-electron chi connectivity index (χ0n) is 16.4. The molecule has 0 N–H and O–H groups in total. The van der Waals surface area contributed by atoms with E-state index in [9.17, 15) is 8.42 Å². The summed E-state index contributed by atoms with van der Waals surface area (Å²) in [7, 11) is -0.658. The minimum Gasteiger partial charge on any atom is -0.497 e. The van der Waals surface area contributed by atoms with Gasteiger partial charge < -0.3 is 9.47 Å². The van der Waals surface area contributed by atoms with Crippen LogP contribution in [0.25, 0.3) is 0 Å². The van der Waals surface area contributed by atoms with E-state index in [1.807, 2.05) is 19.1 Å². The van der Waals surface area contributed by atoms with E-state index >= 15 is 0 Å². The summed E-state index contributed by atoms with van der Waals surface area (Å²) in [6, 6.07) is 19.4. The van der Waals surface area contributed by atoms with Crippen LogP contribution in [0.3, 0.4) is 0 Å². The molecule has 0 heterocycles. The Morgan fingerprint density at radius 2 is 1.41 bits per heavy atom. The Bertz CT molecular complexity index is 1060. The second kappa shape index (κ2) is 8.88. The number of methoxy groups -OCH3 is 2. The first kappa shape index (κ1) is 21.2. The number of nitrogens with zero attached hydrogens (tertiary/aromatic N) is 1. The van der Waals surface area contributed by atoms with Crippen molar-refractivity contribution in [2.24, 2.45) is 0 Å². The first-order valence-corrected chi connectivity index (χ1v) is 11.1. The van der Waals surface area contributed by atoms with E-state index in [0.717, 1.165) is 15.6 Å². The lowest BCUT2D eigenvalue weighted by Crippen LogP contribution is -2.30. The molecule has 29 heavy (non-hydrogen) atoms. The summed E-state index contributed by atoms with van der Waals surface area (Å²) in [5.41, 5.74) is 2.31. The van der Waals surface area contributed by atoms with Crippen molar-refractivity contribution in [1.82, 2.24) is 0 Å². The molecule has 0 aliphatic heterocycles. The van der Waals surface area contributed by atoms with Crippen LogP contribution < -0.4 is 13.8 Å². The van der Waals surface area contributed by atoms with E-state index in [1.54, 1.807) is 68.8 Å². The summed E-state index contributed by atoms with van der Waals surface area (Å²) in [4.78, 5) is 0.237. The van der Waals surface area contributed by atoms with Crippen LogP contribution in [0, 0.1) is 6.92 Å². The first-order valence-electron chi connectivity index (χ1n) is 8.90. The van der Waals surface area contributed by atoms with Crippen LogP contribution in [0.1, 0.15) is 11.1 Å². The van der Waals surface area contributed by atoms with Crippen molar-refractivity contribution in [1.29, 1.82) is 0 Å². The lowest BCUT2D eigenvalue weighted by Gasteiger charge is -2.25. The highest BCUT2D eigenvalue weighted by Gasteiger charge is 2.25. The fourth-order valence-corrected chi connectivity index (χ4v) is 4.60. The summed E-state index contributed by atoms with van der Waals surface area (Å²) in [5, 5.41) is 0. The van der Waals surface area contributed by atoms with E-state index in [-0.39, 0.29) is 11.4 Å². The van der Waals surface area contributed by atoms with Crippen LogP contribution in [0.15, 0.2) is 76.1 Å². The lowest BCUT2D eigenvalue weighted by molar-refractivity contribution is 0.393. The van der Waals surface area contributed by atoms with Crippen LogP contribution in [0.4, 0.5) is 5.69 Å². The van der Waals surface area contributed by atoms with Crippen molar-refractivity contribution < 1.29 is 17.9 Å². The van der Waals surface area contributed by atoms with Gasteiger partial charge in [-0.1, -0.05) is 33.6 Å². The molecule has 0 aliphatic rings. The van der Waals surface area contributed by atoms with E-state index in [2.05, 4.69) is 15.9 Å². The molecule has 0 atom stereocenters. The van der Waals surface area contributed by atoms with Gasteiger partial charge in [-0.3, -0.25) is 4.31 Å². The van der Waals surface area contributed by atoms with Gasteiger partial charge in [-0.05, 0) is 61.0 Å². The highest BCUT2D eigenvalue weighted by atomic mass is 79.9. The minimum atomic E-state index is -3.78. The summed E-state index contributed by atoms with van der Waals surface area (Å²) < 4.78 is 39.9. The summed E-state index contributed by atoms with van der Waals surface area (Å²) in [6.07, 6.45) is 0. The smallest absolute Gasteiger partial charge is 0.264 e. The number of sulfonamides is 1. The average Bonchev–Trinajstić information content (AvgIpc) is 2.72. The van der Waals surface area contributed by atoms with E-state index in [0.29, 0.717) is 17.2 Å². The molecule has 0 spiro atoms. The summed E-state index contributed by atoms with van der Waals surface area (Å²) in [5.74, 6) is 1.20. The predicted octanol–water partition coefficient (Wildman–Crippen LogP) is 5.17. The van der Waals surface area contributed by atoms with Crippen molar-refractivity contribution in [3.63, 3.8) is 0 Å². The van der Waals surface area contributed by atoms with Gasteiger partial charge in [-0.25, -0.2) is 8.42 Å². The van der Waals surface area contributed by atoms with Crippen LogP contribution in [-0.4, -0.2) is 22.6 Å². The normalized spacial score (nSPS) is 11.2. The van der Waals surface area contributed by atoms with Crippen molar-refractivity contribution in [3.8, 4) is 11.5 Å². The Morgan fingerprint density at radius 1 is 0.862 bits per heavy atom. The largest absolute Gasteiger partial charge is 0.497 e. The zero-order chi connectivity index (χ0) is 21.0. The molecule has 0 bridgehead atoms. The third-order valence-electron chi connectivity index (χ3n) is 4.46. The molecule has 0 fully saturated rings. The molecule has 7 heteroatoms. The van der Waals surface area contributed by atoms with Gasteiger partial charge in [0.2, 0.25) is 0 Å². The number of hydrogen-bond acceptors (Lipinski definition) is 4. The molecule has 0 aliphatic carbocycles. The second-order valence-electron chi connectivity index (χ2n) is 6.52. The minimum absolute atomic E-state index is 0.130. The first-order chi connectivity index (χ1) is 13.8. The molecule has 0 unspecified atom stereocenters.